The molecule has 11 heteroatoms. The van der Waals surface area contributed by atoms with Crippen LogP contribution in [0.4, 0.5) is 10.8 Å². The van der Waals surface area contributed by atoms with E-state index in [0.717, 1.165) is 16.0 Å². The zero-order valence-corrected chi connectivity index (χ0v) is 30.0. The molecule has 3 N–H and O–H groups in total. The fourth-order valence-electron chi connectivity index (χ4n) is 4.83. The Hall–Kier alpha value is -5.39. The van der Waals surface area contributed by atoms with Crippen LogP contribution in [0.1, 0.15) is 48.2 Å². The lowest BCUT2D eigenvalue weighted by Crippen LogP contribution is -2.30. The number of aromatic nitrogens is 1. The lowest BCUT2D eigenvalue weighted by Gasteiger charge is -2.13. The molecule has 5 rings (SSSR count). The van der Waals surface area contributed by atoms with E-state index in [1.54, 1.807) is 56.7 Å². The van der Waals surface area contributed by atoms with Gasteiger partial charge in [0.05, 0.1) is 25.2 Å². The lowest BCUT2D eigenvalue weighted by atomic mass is 10.0. The second kappa shape index (κ2) is 16.8. The Morgan fingerprint density at radius 2 is 1.52 bits per heavy atom. The average molecular weight is 707 g/mol. The molecule has 0 fully saturated rings. The summed E-state index contributed by atoms with van der Waals surface area (Å²) in [6.07, 6.45) is 1.66. The molecule has 0 spiro atoms. The van der Waals surface area contributed by atoms with Crippen molar-refractivity contribution in [2.75, 3.05) is 24.9 Å². The Bertz CT molecular complexity index is 1970. The molecule has 9 nitrogen and oxygen atoms in total. The van der Waals surface area contributed by atoms with E-state index < -0.39 is 11.2 Å². The van der Waals surface area contributed by atoms with E-state index >= 15 is 0 Å². The second-order valence-electron chi connectivity index (χ2n) is 11.5. The third-order valence-electron chi connectivity index (χ3n) is 7.65. The van der Waals surface area contributed by atoms with Crippen LogP contribution >= 0.6 is 23.1 Å². The van der Waals surface area contributed by atoms with Crippen LogP contribution in [0.5, 0.6) is 11.5 Å². The fourth-order valence-corrected chi connectivity index (χ4v) is 6.42. The number of ether oxygens (including phenoxy) is 2. The molecule has 0 saturated heterocycles. The van der Waals surface area contributed by atoms with Crippen LogP contribution < -0.4 is 25.4 Å². The van der Waals surface area contributed by atoms with Crippen LogP contribution in [0, 0.1) is 0 Å². The van der Waals surface area contributed by atoms with Gasteiger partial charge in [-0.05, 0) is 84.6 Å². The zero-order valence-electron chi connectivity index (χ0n) is 28.4. The third kappa shape index (κ3) is 9.40. The average Bonchev–Trinajstić information content (AvgIpc) is 3.60. The Kier molecular flexibility index (Phi) is 12.1. The van der Waals surface area contributed by atoms with Gasteiger partial charge in [-0.15, -0.1) is 23.1 Å². The number of amides is 3. The summed E-state index contributed by atoms with van der Waals surface area (Å²) in [6, 6.07) is 29.3. The van der Waals surface area contributed by atoms with Gasteiger partial charge >= 0.3 is 0 Å². The molecule has 0 aliphatic rings. The number of nitrogens with zero attached hydrogens (tertiary/aromatic N) is 1. The summed E-state index contributed by atoms with van der Waals surface area (Å²) in [5, 5.41) is 10.5. The Balaban J connectivity index is 1.21. The fraction of sp³-hybridized carbons (Fsp3) is 0.179. The number of thiazole rings is 1. The predicted molar refractivity (Wildman–Crippen MR) is 202 cm³/mol. The quantitative estimate of drug-likeness (QED) is 0.0830. The first-order chi connectivity index (χ1) is 24.1. The van der Waals surface area contributed by atoms with Crippen molar-refractivity contribution >= 4 is 57.7 Å². The van der Waals surface area contributed by atoms with Crippen LogP contribution in [-0.4, -0.2) is 42.2 Å². The van der Waals surface area contributed by atoms with Gasteiger partial charge in [0, 0.05) is 27.1 Å². The number of anilines is 2. The second-order valence-corrected chi connectivity index (χ2v) is 13.8. The molecule has 256 valence electrons. The molecule has 0 aliphatic heterocycles. The van der Waals surface area contributed by atoms with Gasteiger partial charge in [0.25, 0.3) is 11.8 Å². The first-order valence-electron chi connectivity index (χ1n) is 15.9. The number of carbonyl (C=O) groups is 3. The highest BCUT2D eigenvalue weighted by Gasteiger charge is 2.18. The van der Waals surface area contributed by atoms with Crippen molar-refractivity contribution in [3.05, 3.63) is 125 Å². The van der Waals surface area contributed by atoms with Crippen LogP contribution in [0.3, 0.4) is 0 Å². The zero-order chi connectivity index (χ0) is 35.6. The normalized spacial score (nSPS) is 11.8. The van der Waals surface area contributed by atoms with E-state index in [9.17, 15) is 14.4 Å². The number of hydrogen-bond donors (Lipinski definition) is 3. The van der Waals surface area contributed by atoms with Gasteiger partial charge < -0.3 is 25.4 Å². The molecular formula is C39H38N4O5S2. The topological polar surface area (TPSA) is 119 Å². The predicted octanol–water partition coefficient (Wildman–Crippen LogP) is 8.48. The van der Waals surface area contributed by atoms with Crippen LogP contribution in [0.25, 0.3) is 17.3 Å². The summed E-state index contributed by atoms with van der Waals surface area (Å²) in [5.74, 6) is 0.545. The van der Waals surface area contributed by atoms with Gasteiger partial charge in [-0.2, -0.15) is 0 Å². The molecular weight excluding hydrogens is 669 g/mol. The molecule has 4 aromatic carbocycles. The molecule has 3 amide bonds. The Morgan fingerprint density at radius 1 is 0.820 bits per heavy atom. The van der Waals surface area contributed by atoms with Crippen molar-refractivity contribution in [1.29, 1.82) is 0 Å². The van der Waals surface area contributed by atoms with Gasteiger partial charge in [-0.1, -0.05) is 56.3 Å². The lowest BCUT2D eigenvalue weighted by molar-refractivity contribution is -0.115. The molecule has 5 aromatic rings. The smallest absolute Gasteiger partial charge is 0.272 e. The molecule has 0 aliphatic carbocycles. The van der Waals surface area contributed by atoms with Gasteiger partial charge in [-0.3, -0.25) is 14.4 Å². The van der Waals surface area contributed by atoms with Crippen molar-refractivity contribution in [2.24, 2.45) is 0 Å². The summed E-state index contributed by atoms with van der Waals surface area (Å²) < 4.78 is 10.7. The summed E-state index contributed by atoms with van der Waals surface area (Å²) >= 11 is 2.72. The molecule has 0 bridgehead atoms. The van der Waals surface area contributed by atoms with Gasteiger partial charge in [0.15, 0.2) is 16.6 Å². The molecule has 0 saturated carbocycles. The number of benzene rings is 4. The monoisotopic (exact) mass is 706 g/mol. The minimum atomic E-state index is -0.466. The minimum Gasteiger partial charge on any atom is -0.493 e. The highest BCUT2D eigenvalue weighted by atomic mass is 32.2. The first-order valence-corrected chi connectivity index (χ1v) is 17.6. The number of rotatable bonds is 13. The molecule has 1 aromatic heterocycles. The minimum absolute atomic E-state index is 0.108. The SMILES string of the molecule is COc1ccc(-c2csc(NC(=O)C(C)Sc3ccc(NC(=O)/C(=C/c4ccc(C(C)C)cc4)NC(=O)c4ccccc4)cc3)n2)cc1OC. The molecule has 0 radical (unpaired) electrons. The van der Waals surface area contributed by atoms with Crippen LogP contribution in [0.15, 0.2) is 113 Å². The highest BCUT2D eigenvalue weighted by Crippen LogP contribution is 2.34. The van der Waals surface area contributed by atoms with Crippen molar-refractivity contribution in [2.45, 2.75) is 36.8 Å². The van der Waals surface area contributed by atoms with E-state index in [-0.39, 0.29) is 17.5 Å². The number of thioether (sulfide) groups is 1. The van der Waals surface area contributed by atoms with Crippen LogP contribution in [-0.2, 0) is 9.59 Å². The van der Waals surface area contributed by atoms with E-state index in [2.05, 4.69) is 34.8 Å². The third-order valence-corrected chi connectivity index (χ3v) is 9.52. The van der Waals surface area contributed by atoms with Crippen molar-refractivity contribution in [3.8, 4) is 22.8 Å². The van der Waals surface area contributed by atoms with E-state index in [4.69, 9.17) is 9.47 Å². The summed E-state index contributed by atoms with van der Waals surface area (Å²) in [7, 11) is 3.16. The van der Waals surface area contributed by atoms with Gasteiger partial charge in [0.1, 0.15) is 5.70 Å². The van der Waals surface area contributed by atoms with Crippen molar-refractivity contribution in [1.82, 2.24) is 10.3 Å². The highest BCUT2D eigenvalue weighted by molar-refractivity contribution is 8.00. The Labute approximate surface area is 300 Å². The van der Waals surface area contributed by atoms with E-state index in [0.29, 0.717) is 39.5 Å². The first kappa shape index (κ1) is 35.9. The maximum atomic E-state index is 13.5. The molecule has 50 heavy (non-hydrogen) atoms. The Morgan fingerprint density at radius 3 is 2.18 bits per heavy atom. The van der Waals surface area contributed by atoms with Crippen molar-refractivity contribution < 1.29 is 23.9 Å². The molecule has 1 unspecified atom stereocenters. The number of carbonyl (C=O) groups excluding carboxylic acids is 3. The molecule has 1 atom stereocenters. The maximum Gasteiger partial charge on any atom is 0.272 e. The van der Waals surface area contributed by atoms with Gasteiger partial charge in [-0.25, -0.2) is 4.98 Å². The molecule has 1 heterocycles. The maximum absolute atomic E-state index is 13.5. The number of methoxy groups -OCH3 is 2. The van der Waals surface area contributed by atoms with Crippen LogP contribution in [0.2, 0.25) is 0 Å². The summed E-state index contributed by atoms with van der Waals surface area (Å²) in [6.45, 7) is 6.05. The van der Waals surface area contributed by atoms with Gasteiger partial charge in [0.2, 0.25) is 5.91 Å². The van der Waals surface area contributed by atoms with Crippen molar-refractivity contribution in [3.63, 3.8) is 0 Å². The van der Waals surface area contributed by atoms with E-state index in [1.807, 2.05) is 73.0 Å². The number of hydrogen-bond acceptors (Lipinski definition) is 8. The summed E-state index contributed by atoms with van der Waals surface area (Å²) in [5.41, 5.74) is 4.60. The van der Waals surface area contributed by atoms with E-state index in [1.165, 1.54) is 28.7 Å². The largest absolute Gasteiger partial charge is 0.493 e. The number of nitrogens with one attached hydrogen (secondary N) is 3. The standard InChI is InChI=1S/C39H38N4O5S2/c1-24(2)27-13-11-26(12-14-27)21-32(41-37(45)28-9-7-6-8-10-28)38(46)40-30-16-18-31(19-17-30)50-25(3)36(44)43-39-42-33(23-49-39)29-15-20-34(47-4)35(22-29)48-5/h6-25H,1-5H3,(H,40,46)(H,41,45)(H,42,43,44)/b32-21-. The summed E-state index contributed by atoms with van der Waals surface area (Å²) in [4.78, 5) is 44.9.